The molecule has 1 aliphatic carbocycles. The molecule has 9 nitrogen and oxygen atoms in total. The molecule has 1 fully saturated rings. The van der Waals surface area contributed by atoms with Gasteiger partial charge in [-0.1, -0.05) is 18.9 Å². The molecule has 1 aliphatic rings. The number of pyridine rings is 1. The van der Waals surface area contributed by atoms with Gasteiger partial charge in [-0.25, -0.2) is 4.98 Å². The lowest BCUT2D eigenvalue weighted by atomic mass is 10.1. The van der Waals surface area contributed by atoms with Crippen LogP contribution in [0.1, 0.15) is 49.9 Å². The van der Waals surface area contributed by atoms with Crippen LogP contribution in [0.2, 0.25) is 0 Å². The molecular formula is C22H25N7O2. The lowest BCUT2D eigenvalue weighted by molar-refractivity contribution is 0.507. The molecule has 3 aromatic heterocycles. The Hall–Kier alpha value is -3.62. The van der Waals surface area contributed by atoms with Crippen molar-refractivity contribution in [2.45, 2.75) is 45.6 Å². The maximum absolute atomic E-state index is 12.8. The molecule has 0 unspecified atom stereocenters. The summed E-state index contributed by atoms with van der Waals surface area (Å²) >= 11 is 0. The summed E-state index contributed by atoms with van der Waals surface area (Å²) in [6.45, 7) is 3.80. The summed E-state index contributed by atoms with van der Waals surface area (Å²) in [5.74, 6) is 0.327. The van der Waals surface area contributed by atoms with Crippen LogP contribution in [0.5, 0.6) is 0 Å². The molecule has 0 aromatic carbocycles. The number of hydrogen-bond acceptors (Lipinski definition) is 7. The molecule has 3 aromatic rings. The summed E-state index contributed by atoms with van der Waals surface area (Å²) < 4.78 is 2.86. The van der Waals surface area contributed by atoms with Crippen molar-refractivity contribution in [3.8, 4) is 0 Å². The third-order valence-electron chi connectivity index (χ3n) is 5.86. The summed E-state index contributed by atoms with van der Waals surface area (Å²) in [6.07, 6.45) is 10.1. The molecule has 0 spiro atoms. The van der Waals surface area contributed by atoms with Crippen molar-refractivity contribution in [1.82, 2.24) is 24.1 Å². The van der Waals surface area contributed by atoms with Crippen molar-refractivity contribution in [2.75, 3.05) is 5.32 Å². The van der Waals surface area contributed by atoms with Crippen molar-refractivity contribution >= 4 is 34.6 Å². The lowest BCUT2D eigenvalue weighted by Crippen LogP contribution is -2.42. The molecule has 0 bridgehead atoms. The Bertz CT molecular complexity index is 1310. The van der Waals surface area contributed by atoms with Gasteiger partial charge in [0.15, 0.2) is 5.65 Å². The Labute approximate surface area is 179 Å². The Kier molecular flexibility index (Phi) is 5.50. The van der Waals surface area contributed by atoms with E-state index in [0.29, 0.717) is 22.8 Å². The standard InChI is InChI=1S/C22H25N7O2/c1-4-14(10-23)16-9-13(2)17(11-24-16)26-22-25-12-18-19(27-22)29(15-7-5-6-8-15)21(31)20(30)28(18)3/h4,9-12,15,23H,5-8H2,1-3H3,(H,25,26,27)/b14-4+,23-10?. The monoisotopic (exact) mass is 419 g/mol. The third kappa shape index (κ3) is 3.67. The third-order valence-corrected chi connectivity index (χ3v) is 5.86. The minimum Gasteiger partial charge on any atom is -0.323 e. The van der Waals surface area contributed by atoms with E-state index in [2.05, 4.69) is 20.3 Å². The molecule has 4 rings (SSSR count). The largest absolute Gasteiger partial charge is 0.323 e. The first-order valence-electron chi connectivity index (χ1n) is 10.3. The molecule has 0 aliphatic heterocycles. The van der Waals surface area contributed by atoms with Crippen LogP contribution in [0, 0.1) is 12.3 Å². The average Bonchev–Trinajstić information content (AvgIpc) is 3.29. The molecule has 0 radical (unpaired) electrons. The fraction of sp³-hybridized carbons (Fsp3) is 0.364. The predicted molar refractivity (Wildman–Crippen MR) is 121 cm³/mol. The van der Waals surface area contributed by atoms with Crippen LogP contribution >= 0.6 is 0 Å². The van der Waals surface area contributed by atoms with Crippen molar-refractivity contribution in [3.05, 3.63) is 56.5 Å². The van der Waals surface area contributed by atoms with Crippen molar-refractivity contribution in [1.29, 1.82) is 5.41 Å². The van der Waals surface area contributed by atoms with Gasteiger partial charge in [-0.2, -0.15) is 4.98 Å². The highest BCUT2D eigenvalue weighted by molar-refractivity contribution is 6.07. The number of aromatic nitrogens is 5. The van der Waals surface area contributed by atoms with Crippen molar-refractivity contribution in [2.24, 2.45) is 7.05 Å². The summed E-state index contributed by atoms with van der Waals surface area (Å²) in [4.78, 5) is 38.6. The number of rotatable bonds is 5. The number of nitrogens with one attached hydrogen (secondary N) is 2. The van der Waals surface area contributed by atoms with Crippen LogP contribution in [0.3, 0.4) is 0 Å². The average molecular weight is 419 g/mol. The summed E-state index contributed by atoms with van der Waals surface area (Å²) in [5.41, 5.74) is 2.97. The van der Waals surface area contributed by atoms with Gasteiger partial charge in [-0.3, -0.25) is 19.1 Å². The van der Waals surface area contributed by atoms with Gasteiger partial charge in [-0.15, -0.1) is 0 Å². The first-order valence-corrected chi connectivity index (χ1v) is 10.3. The quantitative estimate of drug-likeness (QED) is 0.484. The Morgan fingerprint density at radius 2 is 1.94 bits per heavy atom. The van der Waals surface area contributed by atoms with Crippen LogP contribution in [0.15, 0.2) is 34.1 Å². The minimum absolute atomic E-state index is 0.0188. The van der Waals surface area contributed by atoms with Crippen molar-refractivity contribution in [3.63, 3.8) is 0 Å². The highest BCUT2D eigenvalue weighted by Crippen LogP contribution is 2.30. The highest BCUT2D eigenvalue weighted by atomic mass is 16.2. The zero-order chi connectivity index (χ0) is 22.1. The Morgan fingerprint density at radius 3 is 2.58 bits per heavy atom. The molecule has 0 atom stereocenters. The Balaban J connectivity index is 1.79. The van der Waals surface area contributed by atoms with E-state index in [1.165, 1.54) is 10.8 Å². The van der Waals surface area contributed by atoms with E-state index in [-0.39, 0.29) is 6.04 Å². The van der Waals surface area contributed by atoms with E-state index in [0.717, 1.165) is 42.5 Å². The second kappa shape index (κ2) is 8.25. The molecule has 9 heteroatoms. The molecule has 3 heterocycles. The van der Waals surface area contributed by atoms with Gasteiger partial charge in [0.2, 0.25) is 5.95 Å². The highest BCUT2D eigenvalue weighted by Gasteiger charge is 2.23. The van der Waals surface area contributed by atoms with Gasteiger partial charge >= 0.3 is 11.1 Å². The number of fused-ring (bicyclic) bond motifs is 1. The van der Waals surface area contributed by atoms with Crippen LogP contribution in [0.25, 0.3) is 16.7 Å². The van der Waals surface area contributed by atoms with Crippen LogP contribution in [-0.4, -0.2) is 30.3 Å². The summed E-state index contributed by atoms with van der Waals surface area (Å²) in [5, 5.41) is 10.7. The van der Waals surface area contributed by atoms with Gasteiger partial charge < -0.3 is 15.3 Å². The zero-order valence-electron chi connectivity index (χ0n) is 17.8. The van der Waals surface area contributed by atoms with E-state index >= 15 is 0 Å². The van der Waals surface area contributed by atoms with E-state index in [4.69, 9.17) is 5.41 Å². The molecule has 0 amide bonds. The topological polar surface area (TPSA) is 119 Å². The predicted octanol–water partition coefficient (Wildman–Crippen LogP) is 3.11. The number of nitrogens with zero attached hydrogens (tertiary/aromatic N) is 5. The maximum Gasteiger partial charge on any atom is 0.318 e. The van der Waals surface area contributed by atoms with Gasteiger partial charge in [0.1, 0.15) is 5.52 Å². The lowest BCUT2D eigenvalue weighted by Gasteiger charge is -2.17. The van der Waals surface area contributed by atoms with Crippen LogP contribution < -0.4 is 16.4 Å². The van der Waals surface area contributed by atoms with E-state index in [1.54, 1.807) is 24.0 Å². The van der Waals surface area contributed by atoms with Gasteiger partial charge in [-0.05, 0) is 38.3 Å². The Morgan fingerprint density at radius 1 is 1.19 bits per heavy atom. The summed E-state index contributed by atoms with van der Waals surface area (Å²) in [6, 6.07) is 1.87. The minimum atomic E-state index is -0.565. The second-order valence-corrected chi connectivity index (χ2v) is 7.78. The number of aryl methyl sites for hydroxylation is 2. The maximum atomic E-state index is 12.8. The number of hydrogen-bond donors (Lipinski definition) is 2. The molecule has 2 N–H and O–H groups in total. The van der Waals surface area contributed by atoms with E-state index in [1.807, 2.05) is 26.0 Å². The summed E-state index contributed by atoms with van der Waals surface area (Å²) in [7, 11) is 1.57. The SMILES string of the molecule is C/C=C(\C=N)c1cc(C)c(Nc2ncc3c(n2)n(C2CCCC2)c(=O)c(=O)n3C)cn1. The van der Waals surface area contributed by atoms with Gasteiger partial charge in [0.25, 0.3) is 0 Å². The smallest absolute Gasteiger partial charge is 0.318 e. The van der Waals surface area contributed by atoms with E-state index < -0.39 is 11.1 Å². The molecular weight excluding hydrogens is 394 g/mol. The fourth-order valence-corrected chi connectivity index (χ4v) is 4.06. The fourth-order valence-electron chi connectivity index (χ4n) is 4.06. The first kappa shape index (κ1) is 20.6. The normalized spacial score (nSPS) is 14.9. The van der Waals surface area contributed by atoms with Gasteiger partial charge in [0.05, 0.1) is 23.8 Å². The van der Waals surface area contributed by atoms with Crippen LogP contribution in [0.4, 0.5) is 11.6 Å². The molecule has 0 saturated heterocycles. The zero-order valence-corrected chi connectivity index (χ0v) is 17.8. The second-order valence-electron chi connectivity index (χ2n) is 7.78. The van der Waals surface area contributed by atoms with Crippen molar-refractivity contribution < 1.29 is 0 Å². The molecule has 1 saturated carbocycles. The molecule has 31 heavy (non-hydrogen) atoms. The number of anilines is 2. The van der Waals surface area contributed by atoms with Gasteiger partial charge in [0, 0.05) is 24.9 Å². The van der Waals surface area contributed by atoms with Crippen LogP contribution in [-0.2, 0) is 7.05 Å². The van der Waals surface area contributed by atoms with E-state index in [9.17, 15) is 9.59 Å². The first-order chi connectivity index (χ1) is 14.9. The number of allylic oxidation sites excluding steroid dienone is 2. The molecule has 160 valence electrons.